The second kappa shape index (κ2) is 6.51. The second-order valence-corrected chi connectivity index (χ2v) is 4.39. The molecule has 110 valence electrons. The lowest BCUT2D eigenvalue weighted by Crippen LogP contribution is -2.30. The van der Waals surface area contributed by atoms with Gasteiger partial charge in [-0.1, -0.05) is 0 Å². The minimum atomic E-state index is -0.341. The number of benzene rings is 2. The van der Waals surface area contributed by atoms with E-state index in [-0.39, 0.29) is 23.8 Å². The van der Waals surface area contributed by atoms with E-state index in [0.29, 0.717) is 11.3 Å². The van der Waals surface area contributed by atoms with Gasteiger partial charge in [0.1, 0.15) is 17.2 Å². The number of phenols is 2. The maximum absolute atomic E-state index is 11.8. The van der Waals surface area contributed by atoms with Gasteiger partial charge in [0, 0.05) is 5.56 Å². The molecule has 0 bridgehead atoms. The first kappa shape index (κ1) is 14.5. The van der Waals surface area contributed by atoms with E-state index in [2.05, 4.69) is 10.9 Å². The van der Waals surface area contributed by atoms with Crippen molar-refractivity contribution in [3.63, 3.8) is 0 Å². The zero-order valence-electron chi connectivity index (χ0n) is 11.5. The standard InChI is InChI=1S/C15H16N2O4/c1-21-13-5-2-11(3-6-13)16-17-15(20)9-10-8-12(18)4-7-14(10)19/h2-8,16,18-19H,9H2,1H3,(H,17,20). The number of anilines is 1. The fraction of sp³-hybridized carbons (Fsp3) is 0.133. The molecule has 2 rings (SSSR count). The molecule has 0 heterocycles. The van der Waals surface area contributed by atoms with Gasteiger partial charge < -0.3 is 14.9 Å². The summed E-state index contributed by atoms with van der Waals surface area (Å²) in [4.78, 5) is 11.8. The van der Waals surface area contributed by atoms with Gasteiger partial charge in [-0.25, -0.2) is 0 Å². The van der Waals surface area contributed by atoms with E-state index in [4.69, 9.17) is 4.74 Å². The largest absolute Gasteiger partial charge is 0.508 e. The molecule has 6 heteroatoms. The fourth-order valence-electron chi connectivity index (χ4n) is 1.75. The van der Waals surface area contributed by atoms with Crippen molar-refractivity contribution in [2.24, 2.45) is 0 Å². The Bertz CT molecular complexity index is 626. The number of hydrogen-bond acceptors (Lipinski definition) is 5. The third-order valence-corrected chi connectivity index (χ3v) is 2.85. The maximum Gasteiger partial charge on any atom is 0.242 e. The number of ether oxygens (including phenoxy) is 1. The first-order chi connectivity index (χ1) is 10.1. The monoisotopic (exact) mass is 288 g/mol. The highest BCUT2D eigenvalue weighted by Gasteiger charge is 2.08. The van der Waals surface area contributed by atoms with Crippen LogP contribution < -0.4 is 15.6 Å². The average molecular weight is 288 g/mol. The quantitative estimate of drug-likeness (QED) is 0.497. The van der Waals surface area contributed by atoms with E-state index in [9.17, 15) is 15.0 Å². The van der Waals surface area contributed by atoms with Crippen molar-refractivity contribution in [1.29, 1.82) is 0 Å². The molecule has 0 fully saturated rings. The number of methoxy groups -OCH3 is 1. The molecule has 0 aliphatic heterocycles. The third-order valence-electron chi connectivity index (χ3n) is 2.85. The molecule has 0 aromatic heterocycles. The highest BCUT2D eigenvalue weighted by molar-refractivity contribution is 5.80. The highest BCUT2D eigenvalue weighted by atomic mass is 16.5. The highest BCUT2D eigenvalue weighted by Crippen LogP contribution is 2.22. The molecule has 21 heavy (non-hydrogen) atoms. The first-order valence-electron chi connectivity index (χ1n) is 6.28. The normalized spacial score (nSPS) is 9.95. The van der Waals surface area contributed by atoms with Gasteiger partial charge >= 0.3 is 0 Å². The summed E-state index contributed by atoms with van der Waals surface area (Å²) in [5.74, 6) is 0.342. The van der Waals surface area contributed by atoms with Crippen molar-refractivity contribution in [3.05, 3.63) is 48.0 Å². The van der Waals surface area contributed by atoms with Crippen LogP contribution in [0.1, 0.15) is 5.56 Å². The van der Waals surface area contributed by atoms with E-state index in [0.717, 1.165) is 5.75 Å². The van der Waals surface area contributed by atoms with Crippen LogP contribution in [0, 0.1) is 0 Å². The number of hydrogen-bond donors (Lipinski definition) is 4. The molecule has 1 amide bonds. The van der Waals surface area contributed by atoms with Crippen LogP contribution in [0.4, 0.5) is 5.69 Å². The van der Waals surface area contributed by atoms with Crippen LogP contribution >= 0.6 is 0 Å². The number of nitrogens with one attached hydrogen (secondary N) is 2. The number of rotatable bonds is 5. The Hall–Kier alpha value is -2.89. The predicted molar refractivity (Wildman–Crippen MR) is 78.2 cm³/mol. The van der Waals surface area contributed by atoms with E-state index in [1.54, 1.807) is 31.4 Å². The van der Waals surface area contributed by atoms with Gasteiger partial charge in [-0.2, -0.15) is 0 Å². The van der Waals surface area contributed by atoms with Gasteiger partial charge in [-0.05, 0) is 42.5 Å². The summed E-state index contributed by atoms with van der Waals surface area (Å²) in [7, 11) is 1.58. The zero-order valence-corrected chi connectivity index (χ0v) is 11.5. The predicted octanol–water partition coefficient (Wildman–Crippen LogP) is 1.79. The topological polar surface area (TPSA) is 90.8 Å². The van der Waals surface area contributed by atoms with Crippen LogP contribution in [0.2, 0.25) is 0 Å². The van der Waals surface area contributed by atoms with Gasteiger partial charge in [0.2, 0.25) is 5.91 Å². The molecule has 0 aliphatic rings. The van der Waals surface area contributed by atoms with Gasteiger partial charge in [0.05, 0.1) is 19.2 Å². The summed E-state index contributed by atoms with van der Waals surface area (Å²) < 4.78 is 5.03. The van der Waals surface area contributed by atoms with Gasteiger partial charge in [-0.3, -0.25) is 15.6 Å². The molecule has 0 saturated carbocycles. The Morgan fingerprint density at radius 1 is 1.14 bits per heavy atom. The summed E-state index contributed by atoms with van der Waals surface area (Å²) >= 11 is 0. The van der Waals surface area contributed by atoms with Crippen molar-refractivity contribution in [2.75, 3.05) is 12.5 Å². The van der Waals surface area contributed by atoms with Crippen LogP contribution in [0.5, 0.6) is 17.2 Å². The Kier molecular flexibility index (Phi) is 4.50. The number of phenolic OH excluding ortho intramolecular Hbond substituents is 2. The Morgan fingerprint density at radius 3 is 2.52 bits per heavy atom. The van der Waals surface area contributed by atoms with E-state index in [1.807, 2.05) is 0 Å². The number of carbonyl (C=O) groups is 1. The molecular weight excluding hydrogens is 272 g/mol. The van der Waals surface area contributed by atoms with Crippen LogP contribution in [0.3, 0.4) is 0 Å². The Labute approximate surface area is 122 Å². The van der Waals surface area contributed by atoms with Crippen molar-refractivity contribution in [2.45, 2.75) is 6.42 Å². The van der Waals surface area contributed by atoms with Gasteiger partial charge in [0.15, 0.2) is 0 Å². The van der Waals surface area contributed by atoms with Crippen LogP contribution in [-0.4, -0.2) is 23.2 Å². The van der Waals surface area contributed by atoms with Gasteiger partial charge in [-0.15, -0.1) is 0 Å². The summed E-state index contributed by atoms with van der Waals surface area (Å²) in [5, 5.41) is 18.9. The molecule has 0 spiro atoms. The lowest BCUT2D eigenvalue weighted by Gasteiger charge is -2.10. The van der Waals surface area contributed by atoms with Crippen LogP contribution in [-0.2, 0) is 11.2 Å². The van der Waals surface area contributed by atoms with E-state index < -0.39 is 0 Å². The molecule has 0 aliphatic carbocycles. The maximum atomic E-state index is 11.8. The van der Waals surface area contributed by atoms with Gasteiger partial charge in [0.25, 0.3) is 0 Å². The number of aromatic hydroxyl groups is 2. The Morgan fingerprint density at radius 2 is 1.86 bits per heavy atom. The van der Waals surface area contributed by atoms with E-state index in [1.165, 1.54) is 18.2 Å². The lowest BCUT2D eigenvalue weighted by molar-refractivity contribution is -0.119. The van der Waals surface area contributed by atoms with Crippen LogP contribution in [0.25, 0.3) is 0 Å². The summed E-state index contributed by atoms with van der Waals surface area (Å²) in [6.07, 6.45) is -0.0522. The lowest BCUT2D eigenvalue weighted by atomic mass is 10.1. The number of carbonyl (C=O) groups excluding carboxylic acids is 1. The van der Waals surface area contributed by atoms with Crippen molar-refractivity contribution < 1.29 is 19.7 Å². The summed E-state index contributed by atoms with van der Waals surface area (Å²) in [6, 6.07) is 11.1. The van der Waals surface area contributed by atoms with Crippen molar-refractivity contribution in [1.82, 2.24) is 5.43 Å². The summed E-state index contributed by atoms with van der Waals surface area (Å²) in [6.45, 7) is 0. The van der Waals surface area contributed by atoms with Crippen molar-refractivity contribution >= 4 is 11.6 Å². The first-order valence-corrected chi connectivity index (χ1v) is 6.28. The third kappa shape index (κ3) is 4.04. The number of amides is 1. The number of hydrazine groups is 1. The molecule has 4 N–H and O–H groups in total. The van der Waals surface area contributed by atoms with Crippen molar-refractivity contribution in [3.8, 4) is 17.2 Å². The average Bonchev–Trinajstić information content (AvgIpc) is 2.49. The molecule has 0 radical (unpaired) electrons. The summed E-state index contributed by atoms with van der Waals surface area (Å²) in [5.41, 5.74) is 6.31. The fourth-order valence-corrected chi connectivity index (χ4v) is 1.75. The molecule has 0 unspecified atom stereocenters. The van der Waals surface area contributed by atoms with E-state index >= 15 is 0 Å². The molecular formula is C15H16N2O4. The molecule has 2 aromatic carbocycles. The Balaban J connectivity index is 1.91. The SMILES string of the molecule is COc1ccc(NNC(=O)Cc2cc(O)ccc2O)cc1. The molecule has 0 saturated heterocycles. The minimum absolute atomic E-state index is 0.00119. The zero-order chi connectivity index (χ0) is 15.2. The molecule has 6 nitrogen and oxygen atoms in total. The second-order valence-electron chi connectivity index (χ2n) is 4.39. The van der Waals surface area contributed by atoms with Crippen LogP contribution in [0.15, 0.2) is 42.5 Å². The molecule has 2 aromatic rings. The minimum Gasteiger partial charge on any atom is -0.508 e. The molecule has 0 atom stereocenters. The smallest absolute Gasteiger partial charge is 0.242 e.